The second kappa shape index (κ2) is 7.52. The summed E-state index contributed by atoms with van der Waals surface area (Å²) in [6.07, 6.45) is 0.599. The first kappa shape index (κ1) is 15.9. The van der Waals surface area contributed by atoms with Crippen LogP contribution in [0.4, 0.5) is 13.2 Å². The normalized spacial score (nSPS) is 12.4. The van der Waals surface area contributed by atoms with Gasteiger partial charge in [0.05, 0.1) is 0 Å². The minimum Gasteiger partial charge on any atom is -0.316 e. The molecule has 2 aromatic carbocycles. The van der Waals surface area contributed by atoms with E-state index in [1.165, 1.54) is 18.2 Å². The van der Waals surface area contributed by atoms with Gasteiger partial charge in [-0.1, -0.05) is 6.07 Å². The van der Waals surface area contributed by atoms with Gasteiger partial charge in [-0.3, -0.25) is 0 Å². The van der Waals surface area contributed by atoms with Crippen molar-refractivity contribution in [2.45, 2.75) is 17.4 Å². The number of hydrogen-bond donors (Lipinski definition) is 1. The molecule has 1 unspecified atom stereocenters. The molecule has 2 aromatic rings. The molecule has 0 saturated carbocycles. The molecule has 0 saturated heterocycles. The van der Waals surface area contributed by atoms with Crippen molar-refractivity contribution in [3.05, 3.63) is 65.5 Å². The van der Waals surface area contributed by atoms with Crippen LogP contribution in [0.25, 0.3) is 0 Å². The van der Waals surface area contributed by atoms with Crippen molar-refractivity contribution < 1.29 is 13.2 Å². The fourth-order valence-electron chi connectivity index (χ4n) is 1.92. The van der Waals surface area contributed by atoms with E-state index in [1.54, 1.807) is 30.0 Å². The zero-order valence-corrected chi connectivity index (χ0v) is 12.4. The van der Waals surface area contributed by atoms with Gasteiger partial charge in [0.15, 0.2) is 11.6 Å². The molecule has 21 heavy (non-hydrogen) atoms. The van der Waals surface area contributed by atoms with Crippen LogP contribution in [0.1, 0.15) is 5.56 Å². The Bertz CT molecular complexity index is 587. The lowest BCUT2D eigenvalue weighted by Gasteiger charge is -2.16. The summed E-state index contributed by atoms with van der Waals surface area (Å²) in [6, 6.07) is 10.4. The summed E-state index contributed by atoms with van der Waals surface area (Å²) in [5, 5.41) is 3.16. The summed E-state index contributed by atoms with van der Waals surface area (Å²) in [4.78, 5) is 0.974. The summed E-state index contributed by atoms with van der Waals surface area (Å²) in [5.74, 6) is -1.17. The molecule has 0 aromatic heterocycles. The van der Waals surface area contributed by atoms with Crippen molar-refractivity contribution >= 4 is 11.8 Å². The van der Waals surface area contributed by atoms with Crippen LogP contribution in [-0.4, -0.2) is 18.8 Å². The number of hydrogen-bond acceptors (Lipinski definition) is 2. The fraction of sp³-hybridized carbons (Fsp3) is 0.250. The van der Waals surface area contributed by atoms with E-state index in [4.69, 9.17) is 0 Å². The largest absolute Gasteiger partial charge is 0.316 e. The van der Waals surface area contributed by atoms with E-state index in [2.05, 4.69) is 5.32 Å². The molecule has 0 amide bonds. The highest BCUT2D eigenvalue weighted by Gasteiger charge is 2.10. The standard InChI is InChI=1S/C16H16F3NS/c1-20-13(8-11-2-7-15(18)16(19)9-11)10-21-14-5-3-12(17)4-6-14/h2-7,9,13,20H,8,10H2,1H3. The van der Waals surface area contributed by atoms with Gasteiger partial charge in [0.25, 0.3) is 0 Å². The Morgan fingerprint density at radius 2 is 1.71 bits per heavy atom. The fourth-order valence-corrected chi connectivity index (χ4v) is 2.93. The number of halogens is 3. The molecule has 0 aliphatic carbocycles. The van der Waals surface area contributed by atoms with Gasteiger partial charge in [-0.05, 0) is 55.4 Å². The molecular weight excluding hydrogens is 295 g/mol. The van der Waals surface area contributed by atoms with Crippen LogP contribution in [0, 0.1) is 17.5 Å². The van der Waals surface area contributed by atoms with Crippen molar-refractivity contribution in [2.75, 3.05) is 12.8 Å². The highest BCUT2D eigenvalue weighted by atomic mass is 32.2. The average Bonchev–Trinajstić information content (AvgIpc) is 2.49. The number of thioether (sulfide) groups is 1. The van der Waals surface area contributed by atoms with Gasteiger partial charge in [0.2, 0.25) is 0 Å². The Balaban J connectivity index is 1.93. The quantitative estimate of drug-likeness (QED) is 0.809. The van der Waals surface area contributed by atoms with E-state index < -0.39 is 11.6 Å². The molecule has 1 atom stereocenters. The third kappa shape index (κ3) is 4.79. The molecule has 112 valence electrons. The minimum absolute atomic E-state index is 0.116. The molecular formula is C16H16F3NS. The minimum atomic E-state index is -0.833. The first-order valence-electron chi connectivity index (χ1n) is 6.58. The Kier molecular flexibility index (Phi) is 5.70. The first-order valence-corrected chi connectivity index (χ1v) is 7.56. The zero-order valence-electron chi connectivity index (χ0n) is 11.6. The maximum Gasteiger partial charge on any atom is 0.159 e. The van der Waals surface area contributed by atoms with Gasteiger partial charge in [0, 0.05) is 16.7 Å². The molecule has 1 nitrogen and oxygen atoms in total. The van der Waals surface area contributed by atoms with Crippen molar-refractivity contribution in [1.29, 1.82) is 0 Å². The van der Waals surface area contributed by atoms with Crippen molar-refractivity contribution in [2.24, 2.45) is 0 Å². The monoisotopic (exact) mass is 311 g/mol. The summed E-state index contributed by atoms with van der Waals surface area (Å²) in [5.41, 5.74) is 0.743. The van der Waals surface area contributed by atoms with Crippen LogP contribution >= 0.6 is 11.8 Å². The van der Waals surface area contributed by atoms with Gasteiger partial charge in [0.1, 0.15) is 5.82 Å². The number of likely N-dealkylation sites (N-methyl/N-ethyl adjacent to an activating group) is 1. The maximum atomic E-state index is 13.2. The Morgan fingerprint density at radius 3 is 2.33 bits per heavy atom. The Hall–Kier alpha value is -1.46. The van der Waals surface area contributed by atoms with Crippen molar-refractivity contribution in [3.63, 3.8) is 0 Å². The van der Waals surface area contributed by atoms with Crippen molar-refractivity contribution in [1.82, 2.24) is 5.32 Å². The smallest absolute Gasteiger partial charge is 0.159 e. The predicted molar refractivity (Wildman–Crippen MR) is 80.0 cm³/mol. The molecule has 0 fully saturated rings. The second-order valence-electron chi connectivity index (χ2n) is 4.70. The third-order valence-corrected chi connectivity index (χ3v) is 4.31. The first-order chi connectivity index (χ1) is 10.1. The van der Waals surface area contributed by atoms with Crippen LogP contribution in [0.5, 0.6) is 0 Å². The lowest BCUT2D eigenvalue weighted by atomic mass is 10.1. The SMILES string of the molecule is CNC(CSc1ccc(F)cc1)Cc1ccc(F)c(F)c1. The zero-order chi connectivity index (χ0) is 15.2. The van der Waals surface area contributed by atoms with E-state index in [9.17, 15) is 13.2 Å². The van der Waals surface area contributed by atoms with Crippen LogP contribution in [0.3, 0.4) is 0 Å². The Morgan fingerprint density at radius 1 is 1.00 bits per heavy atom. The van der Waals surface area contributed by atoms with Crippen LogP contribution in [0.2, 0.25) is 0 Å². The summed E-state index contributed by atoms with van der Waals surface area (Å²) < 4.78 is 38.9. The summed E-state index contributed by atoms with van der Waals surface area (Å²) >= 11 is 1.59. The second-order valence-corrected chi connectivity index (χ2v) is 5.80. The van der Waals surface area contributed by atoms with E-state index in [0.717, 1.165) is 22.3 Å². The van der Waals surface area contributed by atoms with Gasteiger partial charge in [-0.15, -0.1) is 11.8 Å². The van der Waals surface area contributed by atoms with Crippen molar-refractivity contribution in [3.8, 4) is 0 Å². The molecule has 0 heterocycles. The molecule has 1 N–H and O–H groups in total. The lowest BCUT2D eigenvalue weighted by Crippen LogP contribution is -2.30. The van der Waals surface area contributed by atoms with E-state index in [0.29, 0.717) is 6.42 Å². The van der Waals surface area contributed by atoms with Gasteiger partial charge in [-0.25, -0.2) is 13.2 Å². The summed E-state index contributed by atoms with van der Waals surface area (Å²) in [6.45, 7) is 0. The number of benzene rings is 2. The molecule has 0 radical (unpaired) electrons. The maximum absolute atomic E-state index is 13.2. The average molecular weight is 311 g/mol. The molecule has 5 heteroatoms. The number of nitrogens with one attached hydrogen (secondary N) is 1. The van der Waals surface area contributed by atoms with Gasteiger partial charge < -0.3 is 5.32 Å². The molecule has 0 spiro atoms. The van der Waals surface area contributed by atoms with Crippen LogP contribution in [-0.2, 0) is 6.42 Å². The third-order valence-electron chi connectivity index (χ3n) is 3.14. The predicted octanol–water partition coefficient (Wildman–Crippen LogP) is 4.03. The van der Waals surface area contributed by atoms with E-state index in [-0.39, 0.29) is 11.9 Å². The van der Waals surface area contributed by atoms with Crippen LogP contribution < -0.4 is 5.32 Å². The molecule has 0 aliphatic rings. The van der Waals surface area contributed by atoms with Gasteiger partial charge >= 0.3 is 0 Å². The highest BCUT2D eigenvalue weighted by molar-refractivity contribution is 7.99. The van der Waals surface area contributed by atoms with Gasteiger partial charge in [-0.2, -0.15) is 0 Å². The molecule has 0 bridgehead atoms. The van der Waals surface area contributed by atoms with Crippen LogP contribution in [0.15, 0.2) is 47.4 Å². The van der Waals surface area contributed by atoms with E-state index >= 15 is 0 Å². The Labute approximate surface area is 126 Å². The molecule has 2 rings (SSSR count). The molecule has 0 aliphatic heterocycles. The summed E-state index contributed by atoms with van der Waals surface area (Å²) in [7, 11) is 1.83. The van der Waals surface area contributed by atoms with E-state index in [1.807, 2.05) is 7.05 Å². The lowest BCUT2D eigenvalue weighted by molar-refractivity contribution is 0.505. The topological polar surface area (TPSA) is 12.0 Å². The highest BCUT2D eigenvalue weighted by Crippen LogP contribution is 2.20. The number of rotatable bonds is 6.